The number of imide groups is 1. The monoisotopic (exact) mass is 1670 g/mol. The Labute approximate surface area is 738 Å². The Kier molecular flexibility index (Phi) is 66.2. The second-order valence-electron chi connectivity index (χ2n) is 20.4. The zero-order valence-electron chi connectivity index (χ0n) is 58.0. The van der Waals surface area contributed by atoms with Gasteiger partial charge >= 0.3 is 199 Å². The van der Waals surface area contributed by atoms with Crippen LogP contribution in [0.15, 0.2) is 6.20 Å². The number of likely N-dealkylation sites (tertiary alicyclic amines) is 1. The Morgan fingerprint density at radius 2 is 1.10 bits per heavy atom. The van der Waals surface area contributed by atoms with E-state index in [0.29, 0.717) is 18.5 Å². The topological polar surface area (TPSA) is 733 Å². The zero-order chi connectivity index (χ0) is 75.9. The summed E-state index contributed by atoms with van der Waals surface area (Å²) in [5.74, 6) is -4.24. The number of carbonyl (C=O) groups excluding carboxylic acids is 5. The summed E-state index contributed by atoms with van der Waals surface area (Å²) in [4.78, 5) is 67.6. The van der Waals surface area contributed by atoms with Crippen LogP contribution in [-0.4, -0.2) is 328 Å². The second-order valence-corrected chi connectivity index (χ2v) is 23.8. The number of hydrogen-bond acceptors (Lipinski definition) is 38. The molecule has 105 heavy (non-hydrogen) atoms. The van der Waals surface area contributed by atoms with Crippen LogP contribution in [0, 0.1) is 32.1 Å². The average molecular weight is 1670 g/mol. The van der Waals surface area contributed by atoms with Gasteiger partial charge in [-0.05, 0) is 18.9 Å². The molecule has 4 amide bonds. The maximum atomic E-state index is 13.6. The van der Waals surface area contributed by atoms with Crippen molar-refractivity contribution in [3.63, 3.8) is 0 Å². The van der Waals surface area contributed by atoms with Gasteiger partial charge in [0.25, 0.3) is 0 Å². The first kappa shape index (κ1) is 117. The quantitative estimate of drug-likeness (QED) is 0.00862. The number of aromatic nitrogens is 3. The molecule has 5 saturated heterocycles. The molecule has 5 fully saturated rings. The number of ether oxygens (including phenoxy) is 10. The SMILES string of the molecule is O=S(=O)([O-])O.O=S(=O)([O-])O.O=S(=O)([O-])O.O=S(=O)=O.O=S(=O)=O.[CH2-]C1O[C@H](O[C@@H]2C(C(=O)[O-])O[C@@H](OCCOCCn3cc(CN(CCOCCN4C(=O)[C@@H]5[C@H](C4=O)[C@H](CC)O[C@@H]5CC)C(=O)CCC(=O)NCCOCCO[C@H]4OC([CH2-])[C@@H](O)[CH-]C4[NH-])nn3)C(O)[C@H]2O)C([NH-])[C@@H](O)[C@@H]1O.[Na+].[Na+].[Na+].[Na+].[Na+].[Na+]. The van der Waals surface area contributed by atoms with Gasteiger partial charge in [-0.3, -0.25) is 37.7 Å². The van der Waals surface area contributed by atoms with Gasteiger partial charge in [-0.25, -0.2) is 36.0 Å². The minimum atomic E-state index is -4.92. The van der Waals surface area contributed by atoms with Crippen LogP contribution in [-0.2, 0) is 137 Å². The molecule has 1 aromatic heterocycles. The Morgan fingerprint density at radius 3 is 1.59 bits per heavy atom. The second kappa shape index (κ2) is 59.5. The van der Waals surface area contributed by atoms with E-state index in [-0.39, 0.29) is 300 Å². The van der Waals surface area contributed by atoms with Crippen LogP contribution in [0.1, 0.15) is 45.2 Å². The van der Waals surface area contributed by atoms with Gasteiger partial charge in [0.05, 0.1) is 121 Å². The Morgan fingerprint density at radius 1 is 0.648 bits per heavy atom. The number of amides is 4. The zero-order valence-corrected chi connectivity index (χ0v) is 74.1. The summed E-state index contributed by atoms with van der Waals surface area (Å²) in [6.07, 6.45) is -14.8. The fourth-order valence-corrected chi connectivity index (χ4v) is 9.28. The molecule has 6 unspecified atom stereocenters. The van der Waals surface area contributed by atoms with Gasteiger partial charge in [0, 0.05) is 25.9 Å². The van der Waals surface area contributed by atoms with Crippen molar-refractivity contribution < 1.29 is 357 Å². The fraction of sp³-hybridized carbons (Fsp3) is 0.787. The van der Waals surface area contributed by atoms with Crippen LogP contribution in [0.2, 0.25) is 0 Å². The molecule has 18 atom stereocenters. The Balaban J connectivity index is -0.000000736. The van der Waals surface area contributed by atoms with Crippen molar-refractivity contribution in [1.82, 2.24) is 30.1 Å². The molecule has 0 aliphatic carbocycles. The number of carboxylic acid groups (broad SMARTS) is 1. The van der Waals surface area contributed by atoms with Crippen LogP contribution in [0.4, 0.5) is 0 Å². The Bertz CT molecular complexity index is 3120. The van der Waals surface area contributed by atoms with Crippen LogP contribution < -0.4 is 188 Å². The van der Waals surface area contributed by atoms with Gasteiger partial charge in [0.15, 0.2) is 6.29 Å². The number of rotatable bonds is 30. The standard InChI is InChI=1S/C47H73N8O21.6Na.3H2O4S.2O3S/c1-5-29-33-34(30(6-2)74-29)43(64)55(42(33)63)12-16-68-14-10-53(32(58)8-7-31(57)50-9-13-67-17-19-70-45-27(48)21-28(56)24(3)72-45)22-26-23-54(52-51-26)11-15-69-18-20-71-47-39(62)38(61)40(41(76-47)44(65)66)75-46-35(49)37(60)36(59)25(4)73-46;;;;;;;3*1-5(2,3)4;2*1-4(2)3/h21,23-25,27-30,33-41,45-49,56,59-62H,3-20,22H2,1-2H3,(H,50,57)(H,65,66);;;;;;;3*(H2,1,2,3,4);;/q-5;6*+1;;;;;/p-4/t24?,25?,27?,28-,29-,30+,33+,34-,35?,36+,37+,38+,39?,40-,41?,45-,46+,47+;;;;;;;;;;;/m0.........../s1. The molecule has 0 saturated carbocycles. The van der Waals surface area contributed by atoms with Gasteiger partial charge in [-0.1, -0.05) is 37.3 Å². The molecule has 576 valence electrons. The molecule has 0 spiro atoms. The van der Waals surface area contributed by atoms with E-state index < -0.39 is 168 Å². The van der Waals surface area contributed by atoms with Crippen molar-refractivity contribution in [2.75, 3.05) is 72.5 Å². The van der Waals surface area contributed by atoms with E-state index in [2.05, 4.69) is 29.5 Å². The van der Waals surface area contributed by atoms with E-state index in [1.807, 2.05) is 13.8 Å². The number of carboxylic acids is 1. The summed E-state index contributed by atoms with van der Waals surface area (Å²) in [6, 6.07) is -2.52. The molecule has 1 aromatic rings. The molecule has 58 heteroatoms. The van der Waals surface area contributed by atoms with Gasteiger partial charge < -0.3 is 138 Å². The third kappa shape index (κ3) is 49.4. The number of aliphatic hydroxyl groups excluding tert-OH is 5. The van der Waals surface area contributed by atoms with Crippen molar-refractivity contribution in [1.29, 1.82) is 0 Å². The summed E-state index contributed by atoms with van der Waals surface area (Å²) < 4.78 is 206. The third-order valence-corrected chi connectivity index (χ3v) is 13.5. The van der Waals surface area contributed by atoms with Gasteiger partial charge in [-0.2, -0.15) is 0 Å². The number of nitrogens with one attached hydrogen (secondary N) is 3. The average Bonchev–Trinajstić information content (AvgIpc) is 1.60. The first-order chi connectivity index (χ1) is 45.8. The van der Waals surface area contributed by atoms with E-state index in [4.69, 9.17) is 137 Å². The third-order valence-electron chi connectivity index (χ3n) is 13.5. The van der Waals surface area contributed by atoms with Crippen LogP contribution in [0.25, 0.3) is 11.5 Å². The summed E-state index contributed by atoms with van der Waals surface area (Å²) in [6.45, 7) is 11.5. The van der Waals surface area contributed by atoms with Crippen LogP contribution in [0.3, 0.4) is 0 Å². The largest absolute Gasteiger partial charge is 1.00 e. The number of hydrogen-bond donors (Lipinski definition) is 9. The van der Waals surface area contributed by atoms with E-state index >= 15 is 0 Å². The first-order valence-corrected chi connectivity index (χ1v) is 34.6. The number of fused-ring (bicyclic) bond motifs is 1. The van der Waals surface area contributed by atoms with Gasteiger partial charge in [0.2, 0.25) is 54.8 Å². The number of carbonyl (C=O) groups is 5. The minimum absolute atomic E-state index is 0. The molecule has 47 nitrogen and oxygen atoms in total. The fourth-order valence-electron chi connectivity index (χ4n) is 9.28. The number of nitrogens with zero attached hydrogens (tertiary/aromatic N) is 5. The van der Waals surface area contributed by atoms with Crippen molar-refractivity contribution in [3.8, 4) is 0 Å². The summed E-state index contributed by atoms with van der Waals surface area (Å²) in [7, 11) is -21.0. The van der Waals surface area contributed by atoms with Crippen molar-refractivity contribution in [2.45, 2.75) is 151 Å². The molecule has 5 aliphatic rings. The van der Waals surface area contributed by atoms with Crippen molar-refractivity contribution >= 4 is 82.0 Å². The maximum Gasteiger partial charge on any atom is 1.00 e. The van der Waals surface area contributed by atoms with E-state index in [0.717, 1.165) is 0 Å². The molecular formula is C47H75N8Na6O39S5-3. The normalized spacial score (nSPS) is 27.2. The van der Waals surface area contributed by atoms with Crippen molar-refractivity contribution in [2.24, 2.45) is 11.8 Å². The predicted molar refractivity (Wildman–Crippen MR) is 308 cm³/mol. The van der Waals surface area contributed by atoms with Crippen LogP contribution in [0.5, 0.6) is 0 Å². The molecular weight excluding hydrogens is 1600 g/mol. The summed E-state index contributed by atoms with van der Waals surface area (Å²) >= 11 is 0. The molecule has 0 bridgehead atoms. The van der Waals surface area contributed by atoms with E-state index in [1.165, 1.54) is 20.9 Å². The maximum absolute atomic E-state index is 13.6. The molecule has 6 rings (SSSR count). The van der Waals surface area contributed by atoms with Gasteiger partial charge in [0.1, 0.15) is 42.7 Å². The van der Waals surface area contributed by atoms with E-state index in [1.54, 1.807) is 6.20 Å². The number of aliphatic carboxylic acids is 1. The van der Waals surface area contributed by atoms with Gasteiger partial charge in [-0.15, -0.1) is 30.4 Å². The number of aliphatic hydroxyl groups is 5. The van der Waals surface area contributed by atoms with Crippen molar-refractivity contribution in [3.05, 3.63) is 43.6 Å². The molecule has 0 radical (unpaired) electrons. The summed E-state index contributed by atoms with van der Waals surface area (Å²) in [5.41, 5.74) is 16.4. The minimum Gasteiger partial charge on any atom is -0.726 e. The predicted octanol–water partition coefficient (Wildman–Crippen LogP) is -27.4. The van der Waals surface area contributed by atoms with Crippen LogP contribution >= 0.6 is 0 Å². The molecule has 11 N–H and O–H groups in total. The summed E-state index contributed by atoms with van der Waals surface area (Å²) in [5, 5.41) is 74.3. The molecule has 0 aromatic carbocycles. The first-order valence-electron chi connectivity index (χ1n) is 28.5. The molecule has 5 aliphatic heterocycles. The Hall–Kier alpha value is 0.860. The van der Waals surface area contributed by atoms with E-state index in [9.17, 15) is 54.6 Å². The smallest absolute Gasteiger partial charge is 0.726 e. The molecule has 6 heterocycles.